The van der Waals surface area contributed by atoms with Crippen LogP contribution >= 0.6 is 0 Å². The van der Waals surface area contributed by atoms with Crippen LogP contribution in [0.25, 0.3) is 10.9 Å². The van der Waals surface area contributed by atoms with E-state index >= 15 is 0 Å². The number of amides is 1. The topological polar surface area (TPSA) is 70.6 Å². The molecule has 7 nitrogen and oxygen atoms in total. The molecule has 0 spiro atoms. The van der Waals surface area contributed by atoms with Gasteiger partial charge in [-0.3, -0.25) is 4.79 Å². The fourth-order valence-corrected chi connectivity index (χ4v) is 4.20. The molecule has 1 aliphatic heterocycles. The van der Waals surface area contributed by atoms with Gasteiger partial charge in [-0.1, -0.05) is 0 Å². The van der Waals surface area contributed by atoms with E-state index in [9.17, 15) is 22.4 Å². The van der Waals surface area contributed by atoms with E-state index in [4.69, 9.17) is 9.72 Å². The number of aryl methyl sites for hydroxylation is 1. The first-order valence-corrected chi connectivity index (χ1v) is 11.5. The van der Waals surface area contributed by atoms with Crippen molar-refractivity contribution in [1.29, 1.82) is 0 Å². The Morgan fingerprint density at radius 3 is 2.50 bits per heavy atom. The van der Waals surface area contributed by atoms with Crippen molar-refractivity contribution in [1.82, 2.24) is 14.9 Å². The zero-order chi connectivity index (χ0) is 26.0. The molecule has 4 rings (SSSR count). The summed E-state index contributed by atoms with van der Waals surface area (Å²) in [6.07, 6.45) is -2.59. The number of piperidine rings is 1. The summed E-state index contributed by atoms with van der Waals surface area (Å²) in [5, 5.41) is 3.42. The molecule has 1 fully saturated rings. The molecule has 2 heterocycles. The van der Waals surface area contributed by atoms with Gasteiger partial charge in [0.15, 0.2) is 18.2 Å². The highest BCUT2D eigenvalue weighted by Crippen LogP contribution is 2.32. The van der Waals surface area contributed by atoms with Crippen molar-refractivity contribution in [3.63, 3.8) is 0 Å². The summed E-state index contributed by atoms with van der Waals surface area (Å²) in [7, 11) is 4.18. The van der Waals surface area contributed by atoms with Crippen LogP contribution in [0.5, 0.6) is 5.75 Å². The molecule has 1 N–H and O–H groups in total. The minimum absolute atomic E-state index is 0.331. The Hall–Kier alpha value is -3.47. The van der Waals surface area contributed by atoms with E-state index in [1.165, 1.54) is 0 Å². The number of nitrogens with one attached hydrogen (secondary N) is 1. The van der Waals surface area contributed by atoms with Gasteiger partial charge in [-0.15, -0.1) is 0 Å². The predicted octanol–water partition coefficient (Wildman–Crippen LogP) is 4.64. The van der Waals surface area contributed by atoms with Crippen molar-refractivity contribution < 1.29 is 27.1 Å². The number of nitrogens with zero attached hydrogens (tertiary/aromatic N) is 4. The normalized spacial score (nSPS) is 14.9. The second-order valence-electron chi connectivity index (χ2n) is 9.00. The fraction of sp³-hybridized carbons (Fsp3) is 0.400. The molecule has 0 atom stereocenters. The van der Waals surface area contributed by atoms with Crippen LogP contribution in [0.4, 0.5) is 29.2 Å². The van der Waals surface area contributed by atoms with Crippen molar-refractivity contribution in [2.75, 3.05) is 44.0 Å². The molecular weight excluding hydrogens is 478 g/mol. The van der Waals surface area contributed by atoms with Gasteiger partial charge in [0, 0.05) is 30.2 Å². The molecule has 0 unspecified atom stereocenters. The molecule has 0 aliphatic carbocycles. The number of carbonyl (C=O) groups is 1. The lowest BCUT2D eigenvalue weighted by atomic mass is 10.0. The monoisotopic (exact) mass is 505 g/mol. The van der Waals surface area contributed by atoms with Crippen molar-refractivity contribution in [2.45, 2.75) is 32.0 Å². The minimum atomic E-state index is -4.67. The first-order valence-electron chi connectivity index (χ1n) is 11.5. The number of rotatable bonds is 6. The van der Waals surface area contributed by atoms with Crippen LogP contribution in [0.1, 0.15) is 24.1 Å². The lowest BCUT2D eigenvalue weighted by molar-refractivity contribution is -0.137. The number of aromatic nitrogens is 2. The van der Waals surface area contributed by atoms with Gasteiger partial charge in [-0.25, -0.2) is 14.4 Å². The van der Waals surface area contributed by atoms with E-state index in [1.54, 1.807) is 18.2 Å². The number of hydrogen-bond donors (Lipinski definition) is 1. The largest absolute Gasteiger partial charge is 0.481 e. The first kappa shape index (κ1) is 25.6. The third-order valence-electron chi connectivity index (χ3n) is 6.25. The molecule has 1 saturated heterocycles. The lowest BCUT2D eigenvalue weighted by Gasteiger charge is -2.35. The summed E-state index contributed by atoms with van der Waals surface area (Å²) < 4.78 is 57.0. The molecule has 192 valence electrons. The highest BCUT2D eigenvalue weighted by Gasteiger charge is 2.31. The van der Waals surface area contributed by atoms with Gasteiger partial charge in [0.25, 0.3) is 5.91 Å². The van der Waals surface area contributed by atoms with Gasteiger partial charge in [-0.05, 0) is 70.3 Å². The molecule has 1 amide bonds. The van der Waals surface area contributed by atoms with Crippen molar-refractivity contribution in [2.24, 2.45) is 0 Å². The molecule has 3 aromatic rings. The molecule has 2 aromatic carbocycles. The summed E-state index contributed by atoms with van der Waals surface area (Å²) in [5.74, 6) is -1.55. The quantitative estimate of drug-likeness (QED) is 0.492. The number of benzene rings is 2. The molecule has 1 aromatic heterocycles. The zero-order valence-corrected chi connectivity index (χ0v) is 20.2. The maximum absolute atomic E-state index is 13.9. The van der Waals surface area contributed by atoms with Crippen LogP contribution < -0.4 is 15.0 Å². The maximum Gasteiger partial charge on any atom is 0.416 e. The van der Waals surface area contributed by atoms with Gasteiger partial charge in [0.1, 0.15) is 0 Å². The van der Waals surface area contributed by atoms with E-state index < -0.39 is 35.8 Å². The smallest absolute Gasteiger partial charge is 0.416 e. The summed E-state index contributed by atoms with van der Waals surface area (Å²) >= 11 is 0. The number of fused-ring (bicyclic) bond motifs is 1. The van der Waals surface area contributed by atoms with Crippen LogP contribution in [0.2, 0.25) is 0 Å². The van der Waals surface area contributed by atoms with Gasteiger partial charge >= 0.3 is 6.18 Å². The highest BCUT2D eigenvalue weighted by atomic mass is 19.4. The predicted molar refractivity (Wildman–Crippen MR) is 129 cm³/mol. The van der Waals surface area contributed by atoms with Gasteiger partial charge in [0.2, 0.25) is 5.95 Å². The Morgan fingerprint density at radius 1 is 1.14 bits per heavy atom. The summed E-state index contributed by atoms with van der Waals surface area (Å²) in [4.78, 5) is 26.1. The van der Waals surface area contributed by atoms with Crippen LogP contribution in [0.15, 0.2) is 36.4 Å². The van der Waals surface area contributed by atoms with Crippen molar-refractivity contribution in [3.05, 3.63) is 53.5 Å². The number of carbonyl (C=O) groups excluding carboxylic acids is 1. The third-order valence-corrected chi connectivity index (χ3v) is 6.25. The Balaban J connectivity index is 1.40. The fourth-order valence-electron chi connectivity index (χ4n) is 4.20. The summed E-state index contributed by atoms with van der Waals surface area (Å²) in [5.41, 5.74) is 0.846. The molecule has 0 saturated carbocycles. The molecule has 1 aliphatic rings. The first-order chi connectivity index (χ1) is 17.0. The summed E-state index contributed by atoms with van der Waals surface area (Å²) in [6, 6.07) is 7.64. The zero-order valence-electron chi connectivity index (χ0n) is 20.2. The van der Waals surface area contributed by atoms with Crippen molar-refractivity contribution in [3.8, 4) is 5.75 Å². The Morgan fingerprint density at radius 2 is 1.86 bits per heavy atom. The molecule has 36 heavy (non-hydrogen) atoms. The molecule has 0 bridgehead atoms. The van der Waals surface area contributed by atoms with E-state index in [0.717, 1.165) is 48.6 Å². The summed E-state index contributed by atoms with van der Waals surface area (Å²) in [6.45, 7) is 3.06. The number of hydrogen-bond acceptors (Lipinski definition) is 6. The third kappa shape index (κ3) is 5.84. The van der Waals surface area contributed by atoms with E-state index in [0.29, 0.717) is 29.8 Å². The second-order valence-corrected chi connectivity index (χ2v) is 9.00. The Kier molecular flexibility index (Phi) is 7.30. The molecule has 11 heteroatoms. The number of anilines is 2. The van der Waals surface area contributed by atoms with E-state index in [2.05, 4.69) is 34.2 Å². The Bertz CT molecular complexity index is 1260. The van der Waals surface area contributed by atoms with Gasteiger partial charge < -0.3 is 19.9 Å². The maximum atomic E-state index is 13.9. The second kappa shape index (κ2) is 10.3. The van der Waals surface area contributed by atoms with Crippen LogP contribution in [-0.2, 0) is 11.0 Å². The highest BCUT2D eigenvalue weighted by molar-refractivity contribution is 5.95. The average Bonchev–Trinajstić information content (AvgIpc) is 2.83. The van der Waals surface area contributed by atoms with Gasteiger partial charge in [0.05, 0.1) is 16.8 Å². The Labute approximate surface area is 206 Å². The number of halogens is 4. The standard InChI is InChI=1S/C25H27F4N5O2/c1-15-19-13-17(31-23(35)14-36-22-7-4-16(12-20(22)26)25(27,28)29)5-6-21(19)32-24(30-15)34-10-8-18(9-11-34)33(2)3/h4-7,12-13,18H,8-11,14H2,1-3H3,(H,31,35). The number of alkyl halides is 3. The van der Waals surface area contributed by atoms with Crippen molar-refractivity contribution >= 4 is 28.4 Å². The van der Waals surface area contributed by atoms with Crippen LogP contribution in [0.3, 0.4) is 0 Å². The van der Waals surface area contributed by atoms with E-state index in [-0.39, 0.29) is 0 Å². The van der Waals surface area contributed by atoms with E-state index in [1.807, 2.05) is 6.92 Å². The number of ether oxygens (including phenoxy) is 1. The van der Waals surface area contributed by atoms with Crippen LogP contribution in [-0.4, -0.2) is 60.6 Å². The molecule has 0 radical (unpaired) electrons. The lowest BCUT2D eigenvalue weighted by Crippen LogP contribution is -2.42. The minimum Gasteiger partial charge on any atom is -0.481 e. The van der Waals surface area contributed by atoms with Crippen LogP contribution in [0, 0.1) is 12.7 Å². The SMILES string of the molecule is Cc1nc(N2CCC(N(C)C)CC2)nc2ccc(NC(=O)COc3ccc(C(F)(F)F)cc3F)cc12. The molecular formula is C25H27F4N5O2. The van der Waals surface area contributed by atoms with Gasteiger partial charge in [-0.2, -0.15) is 13.2 Å². The average molecular weight is 506 g/mol.